The lowest BCUT2D eigenvalue weighted by Crippen LogP contribution is -2.39. The second-order valence-electron chi connectivity index (χ2n) is 9.10. The fourth-order valence-corrected chi connectivity index (χ4v) is 4.95. The van der Waals surface area contributed by atoms with Gasteiger partial charge in [-0.05, 0) is 53.6 Å². The number of aromatic nitrogens is 2. The molecule has 3 aromatic heterocycles. The second kappa shape index (κ2) is 9.43. The van der Waals surface area contributed by atoms with E-state index >= 15 is 0 Å². The third-order valence-electron chi connectivity index (χ3n) is 6.82. The third kappa shape index (κ3) is 4.29. The molecule has 0 unspecified atom stereocenters. The van der Waals surface area contributed by atoms with Crippen molar-refractivity contribution >= 4 is 16.9 Å². The first-order valence-corrected chi connectivity index (χ1v) is 12.2. The van der Waals surface area contributed by atoms with Crippen molar-refractivity contribution in [1.29, 1.82) is 0 Å². The molecule has 37 heavy (non-hydrogen) atoms. The number of methoxy groups -OCH3 is 1. The van der Waals surface area contributed by atoms with Gasteiger partial charge in [0.05, 0.1) is 19.3 Å². The molecular formula is C30H25N3O4. The summed E-state index contributed by atoms with van der Waals surface area (Å²) in [5.74, 6) is 0.833. The number of benzene rings is 2. The molecule has 0 saturated carbocycles. The number of nitrogens with zero attached hydrogens (tertiary/aromatic N) is 3. The minimum absolute atomic E-state index is 0.0882. The standard InChI is InChI=1S/C30H25N3O4/c1-36-24-10-6-8-20(15-24)25-16-22-18-32(30(35)28-17-21-7-2-3-11-27(21)37-28)14-12-26(22)33(29(25)34)19-23-9-4-5-13-31-23/h2-11,13,15-17H,12,14,18-19H2,1H3. The first-order valence-electron chi connectivity index (χ1n) is 12.2. The van der Waals surface area contributed by atoms with E-state index < -0.39 is 0 Å². The van der Waals surface area contributed by atoms with E-state index in [1.807, 2.05) is 72.8 Å². The molecular weight excluding hydrogens is 466 g/mol. The summed E-state index contributed by atoms with van der Waals surface area (Å²) in [6.45, 7) is 1.23. The highest BCUT2D eigenvalue weighted by Crippen LogP contribution is 2.28. The Morgan fingerprint density at radius 2 is 1.89 bits per heavy atom. The lowest BCUT2D eigenvalue weighted by molar-refractivity contribution is 0.0702. The number of pyridine rings is 2. The SMILES string of the molecule is COc1cccc(-c2cc3c(n(Cc4ccccn4)c2=O)CCN(C(=O)c2cc4ccccc4o2)C3)c1. The lowest BCUT2D eigenvalue weighted by atomic mass is 9.98. The summed E-state index contributed by atoms with van der Waals surface area (Å²) in [7, 11) is 1.60. The zero-order chi connectivity index (χ0) is 25.4. The third-order valence-corrected chi connectivity index (χ3v) is 6.82. The summed E-state index contributed by atoms with van der Waals surface area (Å²) < 4.78 is 13.0. The van der Waals surface area contributed by atoms with E-state index in [-0.39, 0.29) is 11.5 Å². The Bertz CT molecular complexity index is 1640. The predicted octanol–water partition coefficient (Wildman–Crippen LogP) is 4.91. The van der Waals surface area contributed by atoms with E-state index in [2.05, 4.69) is 4.98 Å². The van der Waals surface area contributed by atoms with Crippen LogP contribution in [0.15, 0.2) is 94.3 Å². The van der Waals surface area contributed by atoms with Crippen LogP contribution >= 0.6 is 0 Å². The number of para-hydroxylation sites is 1. The minimum atomic E-state index is -0.160. The Balaban J connectivity index is 1.42. The average Bonchev–Trinajstić information content (AvgIpc) is 3.39. The van der Waals surface area contributed by atoms with Gasteiger partial charge in [0.2, 0.25) is 0 Å². The fourth-order valence-electron chi connectivity index (χ4n) is 4.95. The first-order chi connectivity index (χ1) is 18.1. The molecule has 5 aromatic rings. The molecule has 0 atom stereocenters. The quantitative estimate of drug-likeness (QED) is 0.349. The van der Waals surface area contributed by atoms with E-state index in [1.165, 1.54) is 0 Å². The van der Waals surface area contributed by atoms with E-state index in [4.69, 9.17) is 9.15 Å². The molecule has 6 rings (SSSR count). The summed E-state index contributed by atoms with van der Waals surface area (Å²) >= 11 is 0. The van der Waals surface area contributed by atoms with Gasteiger partial charge < -0.3 is 18.6 Å². The van der Waals surface area contributed by atoms with Gasteiger partial charge in [0, 0.05) is 42.4 Å². The number of hydrogen-bond acceptors (Lipinski definition) is 5. The molecule has 4 heterocycles. The molecule has 7 heteroatoms. The molecule has 1 aliphatic heterocycles. The molecule has 1 amide bonds. The van der Waals surface area contributed by atoms with E-state index in [9.17, 15) is 9.59 Å². The normalized spacial score (nSPS) is 12.9. The van der Waals surface area contributed by atoms with Crippen molar-refractivity contribution in [2.75, 3.05) is 13.7 Å². The van der Waals surface area contributed by atoms with E-state index in [0.29, 0.717) is 48.7 Å². The zero-order valence-corrected chi connectivity index (χ0v) is 20.4. The number of rotatable bonds is 5. The topological polar surface area (TPSA) is 77.6 Å². The van der Waals surface area contributed by atoms with Crippen molar-refractivity contribution in [2.24, 2.45) is 0 Å². The molecule has 0 aliphatic carbocycles. The minimum Gasteiger partial charge on any atom is -0.497 e. The van der Waals surface area contributed by atoms with E-state index in [0.717, 1.165) is 27.9 Å². The largest absolute Gasteiger partial charge is 0.497 e. The van der Waals surface area contributed by atoms with Crippen molar-refractivity contribution in [3.05, 3.63) is 118 Å². The van der Waals surface area contributed by atoms with Gasteiger partial charge in [-0.3, -0.25) is 14.6 Å². The Morgan fingerprint density at radius 3 is 2.70 bits per heavy atom. The van der Waals surface area contributed by atoms with Gasteiger partial charge >= 0.3 is 0 Å². The van der Waals surface area contributed by atoms with Crippen LogP contribution in [-0.4, -0.2) is 34.0 Å². The monoisotopic (exact) mass is 491 g/mol. The van der Waals surface area contributed by atoms with Crippen LogP contribution in [0.25, 0.3) is 22.1 Å². The smallest absolute Gasteiger partial charge is 0.289 e. The molecule has 7 nitrogen and oxygen atoms in total. The molecule has 0 saturated heterocycles. The van der Waals surface area contributed by atoms with Crippen LogP contribution in [-0.2, 0) is 19.5 Å². The highest BCUT2D eigenvalue weighted by molar-refractivity contribution is 5.96. The maximum Gasteiger partial charge on any atom is 0.289 e. The van der Waals surface area contributed by atoms with Crippen LogP contribution in [0.2, 0.25) is 0 Å². The number of amides is 1. The van der Waals surface area contributed by atoms with Gasteiger partial charge in [-0.15, -0.1) is 0 Å². The molecule has 0 radical (unpaired) electrons. The van der Waals surface area contributed by atoms with Crippen LogP contribution in [0.1, 0.15) is 27.5 Å². The number of furan rings is 1. The second-order valence-corrected chi connectivity index (χ2v) is 9.10. The number of carbonyl (C=O) groups is 1. The van der Waals surface area contributed by atoms with Crippen molar-refractivity contribution in [2.45, 2.75) is 19.5 Å². The molecule has 0 fully saturated rings. The van der Waals surface area contributed by atoms with Gasteiger partial charge in [-0.25, -0.2) is 0 Å². The highest BCUT2D eigenvalue weighted by atomic mass is 16.5. The Kier molecular flexibility index (Phi) is 5.81. The average molecular weight is 492 g/mol. The molecule has 184 valence electrons. The molecule has 0 N–H and O–H groups in total. The fraction of sp³-hybridized carbons (Fsp3) is 0.167. The van der Waals surface area contributed by atoms with E-state index in [1.54, 1.807) is 28.8 Å². The van der Waals surface area contributed by atoms with Gasteiger partial charge in [-0.1, -0.05) is 36.4 Å². The summed E-state index contributed by atoms with van der Waals surface area (Å²) in [6, 6.07) is 24.5. The molecule has 0 bridgehead atoms. The molecule has 0 spiro atoms. The van der Waals surface area contributed by atoms with Crippen LogP contribution in [0.3, 0.4) is 0 Å². The number of fused-ring (bicyclic) bond motifs is 2. The number of hydrogen-bond donors (Lipinski definition) is 0. The Hall–Kier alpha value is -4.65. The van der Waals surface area contributed by atoms with Gasteiger partial charge in [0.1, 0.15) is 11.3 Å². The molecule has 2 aromatic carbocycles. The van der Waals surface area contributed by atoms with Crippen LogP contribution in [0, 0.1) is 0 Å². The van der Waals surface area contributed by atoms with Gasteiger partial charge in [0.25, 0.3) is 11.5 Å². The summed E-state index contributed by atoms with van der Waals surface area (Å²) in [4.78, 5) is 33.4. The Morgan fingerprint density at radius 1 is 1.03 bits per heavy atom. The first kappa shape index (κ1) is 22.8. The number of carbonyl (C=O) groups excluding carboxylic acids is 1. The lowest BCUT2D eigenvalue weighted by Gasteiger charge is -2.30. The van der Waals surface area contributed by atoms with Gasteiger partial charge in [0.15, 0.2) is 5.76 Å². The van der Waals surface area contributed by atoms with Crippen LogP contribution in [0.4, 0.5) is 0 Å². The predicted molar refractivity (Wildman–Crippen MR) is 141 cm³/mol. The number of ether oxygens (including phenoxy) is 1. The maximum absolute atomic E-state index is 13.8. The Labute approximate surface area is 213 Å². The maximum atomic E-state index is 13.8. The summed E-state index contributed by atoms with van der Waals surface area (Å²) in [6.07, 6.45) is 2.29. The summed E-state index contributed by atoms with van der Waals surface area (Å²) in [5, 5.41) is 0.896. The van der Waals surface area contributed by atoms with Gasteiger partial charge in [-0.2, -0.15) is 0 Å². The molecule has 1 aliphatic rings. The van der Waals surface area contributed by atoms with Crippen molar-refractivity contribution in [3.8, 4) is 16.9 Å². The zero-order valence-electron chi connectivity index (χ0n) is 20.4. The highest BCUT2D eigenvalue weighted by Gasteiger charge is 2.27. The van der Waals surface area contributed by atoms with Crippen molar-refractivity contribution in [1.82, 2.24) is 14.5 Å². The van der Waals surface area contributed by atoms with Crippen molar-refractivity contribution in [3.63, 3.8) is 0 Å². The van der Waals surface area contributed by atoms with Crippen LogP contribution in [0.5, 0.6) is 5.75 Å². The van der Waals surface area contributed by atoms with Crippen LogP contribution < -0.4 is 10.3 Å². The van der Waals surface area contributed by atoms with Crippen molar-refractivity contribution < 1.29 is 13.9 Å². The summed E-state index contributed by atoms with van der Waals surface area (Å²) in [5.41, 5.74) is 4.59.